The van der Waals surface area contributed by atoms with Crippen LogP contribution in [0.1, 0.15) is 5.56 Å². The summed E-state index contributed by atoms with van der Waals surface area (Å²) in [4.78, 5) is 18.8. The van der Waals surface area contributed by atoms with E-state index in [1.165, 1.54) is 5.57 Å². The Morgan fingerprint density at radius 2 is 2.04 bits per heavy atom. The highest BCUT2D eigenvalue weighted by atomic mass is 16.5. The Morgan fingerprint density at radius 3 is 2.83 bits per heavy atom. The van der Waals surface area contributed by atoms with Gasteiger partial charge in [-0.25, -0.2) is 0 Å². The van der Waals surface area contributed by atoms with E-state index in [0.717, 1.165) is 44.0 Å². The molecule has 0 saturated carbocycles. The number of ether oxygens (including phenoxy) is 1. The minimum Gasteiger partial charge on any atom is -0.489 e. The molecule has 2 aliphatic rings. The molecule has 5 nitrogen and oxygen atoms in total. The van der Waals surface area contributed by atoms with Crippen LogP contribution in [0.5, 0.6) is 5.75 Å². The predicted octanol–water partition coefficient (Wildman–Crippen LogP) is 1.41. The minimum atomic E-state index is 0.0323. The molecule has 1 aromatic carbocycles. The lowest BCUT2D eigenvalue weighted by molar-refractivity contribution is -0.133. The maximum atomic E-state index is 12.4. The Labute approximate surface area is 144 Å². The first-order valence-electron chi connectivity index (χ1n) is 8.56. The highest BCUT2D eigenvalue weighted by Crippen LogP contribution is 2.26. The lowest BCUT2D eigenvalue weighted by Gasteiger charge is -2.27. The smallest absolute Gasteiger partial charge is 0.227 e. The Bertz CT molecular complexity index is 627. The largest absolute Gasteiger partial charge is 0.489 e. The Kier molecular flexibility index (Phi) is 5.21. The van der Waals surface area contributed by atoms with E-state index < -0.39 is 0 Å². The van der Waals surface area contributed by atoms with E-state index in [9.17, 15) is 4.79 Å². The molecule has 3 rings (SSSR count). The molecule has 1 atom stereocenters. The van der Waals surface area contributed by atoms with Gasteiger partial charge in [-0.3, -0.25) is 9.69 Å². The van der Waals surface area contributed by atoms with Gasteiger partial charge in [0.1, 0.15) is 12.4 Å². The van der Waals surface area contributed by atoms with Gasteiger partial charge in [-0.2, -0.15) is 0 Å². The summed E-state index contributed by atoms with van der Waals surface area (Å²) < 4.78 is 5.86. The summed E-state index contributed by atoms with van der Waals surface area (Å²) in [7, 11) is 5.77. The summed E-state index contributed by atoms with van der Waals surface area (Å²) in [5.74, 6) is 1.20. The van der Waals surface area contributed by atoms with Crippen molar-refractivity contribution >= 4 is 12.0 Å². The van der Waals surface area contributed by atoms with Crippen molar-refractivity contribution in [1.82, 2.24) is 14.7 Å². The van der Waals surface area contributed by atoms with Gasteiger partial charge in [0.05, 0.1) is 5.92 Å². The quantitative estimate of drug-likeness (QED) is 0.840. The van der Waals surface area contributed by atoms with Gasteiger partial charge in [-0.15, -0.1) is 0 Å². The highest BCUT2D eigenvalue weighted by Gasteiger charge is 2.28. The molecule has 0 radical (unpaired) electrons. The molecule has 0 N–H and O–H groups in total. The molecule has 1 unspecified atom stereocenters. The molecular formula is C19H27N3O2. The molecule has 1 amide bonds. The van der Waals surface area contributed by atoms with E-state index in [2.05, 4.69) is 29.0 Å². The monoisotopic (exact) mass is 329 g/mol. The average Bonchev–Trinajstić information content (AvgIpc) is 2.75. The van der Waals surface area contributed by atoms with E-state index in [1.807, 2.05) is 32.3 Å². The van der Waals surface area contributed by atoms with Crippen LogP contribution >= 0.6 is 0 Å². The zero-order chi connectivity index (χ0) is 17.1. The first-order chi connectivity index (χ1) is 11.5. The maximum Gasteiger partial charge on any atom is 0.227 e. The number of benzene rings is 1. The molecule has 1 saturated heterocycles. The lowest BCUT2D eigenvalue weighted by atomic mass is 10.1. The molecule has 130 valence electrons. The molecule has 0 aliphatic carbocycles. The van der Waals surface area contributed by atoms with Crippen LogP contribution in [0.15, 0.2) is 29.8 Å². The average molecular weight is 329 g/mol. The van der Waals surface area contributed by atoms with Gasteiger partial charge in [0.2, 0.25) is 5.91 Å². The fraction of sp³-hybridized carbons (Fsp3) is 0.526. The van der Waals surface area contributed by atoms with Crippen LogP contribution in [0, 0.1) is 5.92 Å². The maximum absolute atomic E-state index is 12.4. The normalized spacial score (nSPS) is 22.1. The van der Waals surface area contributed by atoms with Crippen molar-refractivity contribution in [2.75, 3.05) is 60.5 Å². The van der Waals surface area contributed by atoms with Crippen molar-refractivity contribution in [2.24, 2.45) is 5.92 Å². The van der Waals surface area contributed by atoms with Crippen molar-refractivity contribution in [3.05, 3.63) is 35.4 Å². The van der Waals surface area contributed by atoms with E-state index >= 15 is 0 Å². The summed E-state index contributed by atoms with van der Waals surface area (Å²) in [6.45, 7) is 5.09. The summed E-state index contributed by atoms with van der Waals surface area (Å²) in [5.41, 5.74) is 2.42. The third-order valence-corrected chi connectivity index (χ3v) is 4.72. The summed E-state index contributed by atoms with van der Waals surface area (Å²) in [5, 5.41) is 0. The molecule has 0 spiro atoms. The Hall–Kier alpha value is -1.85. The summed E-state index contributed by atoms with van der Waals surface area (Å²) in [6.07, 6.45) is 2.23. The van der Waals surface area contributed by atoms with Crippen molar-refractivity contribution in [1.29, 1.82) is 0 Å². The van der Waals surface area contributed by atoms with E-state index in [1.54, 1.807) is 4.90 Å². The number of para-hydroxylation sites is 1. The number of rotatable bonds is 3. The lowest BCUT2D eigenvalue weighted by Crippen LogP contribution is -2.40. The third-order valence-electron chi connectivity index (χ3n) is 4.72. The fourth-order valence-corrected chi connectivity index (χ4v) is 3.45. The first kappa shape index (κ1) is 17.0. The number of nitrogens with zero attached hydrogens (tertiary/aromatic N) is 3. The number of hydrogen-bond donors (Lipinski definition) is 0. The van der Waals surface area contributed by atoms with Gasteiger partial charge in [0, 0.05) is 52.4 Å². The van der Waals surface area contributed by atoms with E-state index in [0.29, 0.717) is 6.61 Å². The van der Waals surface area contributed by atoms with Crippen LogP contribution in [0.3, 0.4) is 0 Å². The SMILES string of the molecule is CN1CCN(CC2=Cc3ccccc3OC2)CC(C(=O)N(C)C)C1. The second-order valence-electron chi connectivity index (χ2n) is 7.06. The van der Waals surface area contributed by atoms with Gasteiger partial charge >= 0.3 is 0 Å². The molecule has 0 aromatic heterocycles. The molecule has 1 fully saturated rings. The van der Waals surface area contributed by atoms with Gasteiger partial charge in [0.15, 0.2) is 0 Å². The van der Waals surface area contributed by atoms with Crippen molar-refractivity contribution < 1.29 is 9.53 Å². The van der Waals surface area contributed by atoms with Crippen LogP contribution in [0.25, 0.3) is 6.08 Å². The fourth-order valence-electron chi connectivity index (χ4n) is 3.45. The summed E-state index contributed by atoms with van der Waals surface area (Å²) >= 11 is 0. The zero-order valence-corrected chi connectivity index (χ0v) is 14.9. The van der Waals surface area contributed by atoms with Crippen LogP contribution in [0.2, 0.25) is 0 Å². The molecule has 5 heteroatoms. The first-order valence-corrected chi connectivity index (χ1v) is 8.56. The third kappa shape index (κ3) is 3.97. The zero-order valence-electron chi connectivity index (χ0n) is 14.9. The standard InChI is InChI=1S/C19H27N3O2/c1-20(2)19(23)17-12-21(3)8-9-22(13-17)11-15-10-16-6-4-5-7-18(16)24-14-15/h4-7,10,17H,8-9,11-14H2,1-3H3. The molecule has 1 aromatic rings. The number of carbonyl (C=O) groups excluding carboxylic acids is 1. The number of amides is 1. The number of likely N-dealkylation sites (N-methyl/N-ethyl adjacent to an activating group) is 1. The van der Waals surface area contributed by atoms with Gasteiger partial charge in [-0.05, 0) is 24.8 Å². The van der Waals surface area contributed by atoms with Crippen LogP contribution in [0.4, 0.5) is 0 Å². The van der Waals surface area contributed by atoms with Crippen molar-refractivity contribution in [2.45, 2.75) is 0 Å². The van der Waals surface area contributed by atoms with Gasteiger partial charge in [-0.1, -0.05) is 18.2 Å². The Morgan fingerprint density at radius 1 is 1.25 bits per heavy atom. The van der Waals surface area contributed by atoms with Crippen LogP contribution in [-0.4, -0.2) is 81.1 Å². The summed E-state index contributed by atoms with van der Waals surface area (Å²) in [6, 6.07) is 8.13. The molecular weight excluding hydrogens is 302 g/mol. The number of carbonyl (C=O) groups is 1. The van der Waals surface area contributed by atoms with Crippen LogP contribution in [-0.2, 0) is 4.79 Å². The predicted molar refractivity (Wildman–Crippen MR) is 96.0 cm³/mol. The Balaban J connectivity index is 1.70. The second kappa shape index (κ2) is 7.36. The van der Waals surface area contributed by atoms with Crippen LogP contribution < -0.4 is 4.74 Å². The van der Waals surface area contributed by atoms with E-state index in [4.69, 9.17) is 4.74 Å². The second-order valence-corrected chi connectivity index (χ2v) is 7.06. The molecule has 24 heavy (non-hydrogen) atoms. The van der Waals surface area contributed by atoms with Gasteiger partial charge in [0.25, 0.3) is 0 Å². The van der Waals surface area contributed by atoms with E-state index in [-0.39, 0.29) is 11.8 Å². The molecule has 2 aliphatic heterocycles. The van der Waals surface area contributed by atoms with Gasteiger partial charge < -0.3 is 14.5 Å². The molecule has 2 heterocycles. The number of hydrogen-bond acceptors (Lipinski definition) is 4. The molecule has 0 bridgehead atoms. The van der Waals surface area contributed by atoms with Crippen molar-refractivity contribution in [3.8, 4) is 5.75 Å². The number of fused-ring (bicyclic) bond motifs is 1. The highest BCUT2D eigenvalue weighted by molar-refractivity contribution is 5.78. The van der Waals surface area contributed by atoms with Crippen molar-refractivity contribution in [3.63, 3.8) is 0 Å². The minimum absolute atomic E-state index is 0.0323. The topological polar surface area (TPSA) is 36.0 Å².